The molecule has 0 aliphatic rings. The van der Waals surface area contributed by atoms with Crippen LogP contribution in [-0.2, 0) is 28.6 Å². The number of esters is 3. The van der Waals surface area contributed by atoms with E-state index in [4.69, 9.17) is 14.2 Å². The van der Waals surface area contributed by atoms with Gasteiger partial charge in [-0.15, -0.1) is 0 Å². The number of rotatable bonds is 58. The number of unbranched alkanes of at least 4 members (excludes halogenated alkanes) is 39. The van der Waals surface area contributed by atoms with Gasteiger partial charge < -0.3 is 14.2 Å². The second kappa shape index (κ2) is 56.1. The highest BCUT2D eigenvalue weighted by atomic mass is 16.6. The summed E-state index contributed by atoms with van der Waals surface area (Å²) in [5.41, 5.74) is 0. The topological polar surface area (TPSA) is 78.9 Å². The first kappa shape index (κ1) is 69.4. The molecule has 0 fully saturated rings. The molecule has 0 radical (unpaired) electrons. The van der Waals surface area contributed by atoms with Gasteiger partial charge in [-0.1, -0.05) is 324 Å². The molecule has 0 amide bonds. The fourth-order valence-electron chi connectivity index (χ4n) is 10.00. The van der Waals surface area contributed by atoms with Gasteiger partial charge in [-0.05, 0) is 37.0 Å². The fraction of sp³-hybridized carbons (Fsp3) is 0.954. The van der Waals surface area contributed by atoms with Crippen LogP contribution in [0.4, 0.5) is 0 Å². The predicted molar refractivity (Wildman–Crippen MR) is 307 cm³/mol. The van der Waals surface area contributed by atoms with E-state index in [0.29, 0.717) is 19.3 Å². The van der Waals surface area contributed by atoms with Crippen molar-refractivity contribution in [1.29, 1.82) is 0 Å². The van der Waals surface area contributed by atoms with Crippen molar-refractivity contribution in [3.05, 3.63) is 0 Å². The van der Waals surface area contributed by atoms with Crippen molar-refractivity contribution in [2.45, 2.75) is 369 Å². The Hall–Kier alpha value is -1.59. The smallest absolute Gasteiger partial charge is 0.306 e. The van der Waals surface area contributed by atoms with Crippen LogP contribution < -0.4 is 0 Å². The van der Waals surface area contributed by atoms with Gasteiger partial charge in [0.2, 0.25) is 0 Å². The molecule has 0 N–H and O–H groups in total. The van der Waals surface area contributed by atoms with Gasteiger partial charge in [0.15, 0.2) is 6.10 Å². The zero-order chi connectivity index (χ0) is 51.9. The molecule has 3 atom stereocenters. The standard InChI is InChI=1S/C65H126O6/c1-7-60(5)52-46-40-34-28-22-18-15-16-20-24-32-38-44-50-56-65(68)71-62(58-70-64(67)55-49-43-37-31-26-25-29-35-41-47-53-61(6)8-2)57-69-63(66)54-48-42-36-30-23-19-14-12-10-9-11-13-17-21-27-33-39-45-51-59(3)4/h59-62H,7-58H2,1-6H3/t60?,61?,62-/m1/s1. The van der Waals surface area contributed by atoms with Gasteiger partial charge in [0.25, 0.3) is 0 Å². The molecule has 6 heteroatoms. The quantitative estimate of drug-likeness (QED) is 0.0343. The molecule has 0 aromatic rings. The molecule has 0 saturated carbocycles. The minimum absolute atomic E-state index is 0.0627. The van der Waals surface area contributed by atoms with Crippen molar-refractivity contribution >= 4 is 17.9 Å². The molecule has 0 rings (SSSR count). The SMILES string of the molecule is CCC(C)CCCCCCCCCCCCCCCCC(=O)O[C@H](COC(=O)CCCCCCCCCCCCCCCCCCCCC(C)C)COC(=O)CCCCCCCCCCCCC(C)CC. The molecule has 0 aromatic heterocycles. The summed E-state index contributed by atoms with van der Waals surface area (Å²) in [5, 5.41) is 0. The second-order valence-electron chi connectivity index (χ2n) is 23.4. The minimum atomic E-state index is -0.765. The fourth-order valence-corrected chi connectivity index (χ4v) is 10.00. The van der Waals surface area contributed by atoms with Crippen LogP contribution in [0.25, 0.3) is 0 Å². The average Bonchev–Trinajstić information content (AvgIpc) is 3.36. The monoisotopic (exact) mass is 1000 g/mol. The molecule has 0 saturated heterocycles. The molecule has 0 bridgehead atoms. The molecule has 0 aliphatic heterocycles. The lowest BCUT2D eigenvalue weighted by atomic mass is 9.99. The third-order valence-electron chi connectivity index (χ3n) is 15.6. The molecule has 0 aromatic carbocycles. The summed E-state index contributed by atoms with van der Waals surface area (Å²) in [5.74, 6) is 1.79. The molecular formula is C65H126O6. The predicted octanol–water partition coefficient (Wildman–Crippen LogP) is 21.5. The van der Waals surface area contributed by atoms with Crippen molar-refractivity contribution < 1.29 is 28.6 Å². The normalized spacial score (nSPS) is 12.9. The van der Waals surface area contributed by atoms with Gasteiger partial charge >= 0.3 is 17.9 Å². The van der Waals surface area contributed by atoms with Crippen molar-refractivity contribution in [3.8, 4) is 0 Å². The summed E-state index contributed by atoms with van der Waals surface area (Å²) in [6, 6.07) is 0. The van der Waals surface area contributed by atoms with Crippen LogP contribution in [0.2, 0.25) is 0 Å². The van der Waals surface area contributed by atoms with E-state index in [9.17, 15) is 14.4 Å². The van der Waals surface area contributed by atoms with Gasteiger partial charge in [0.1, 0.15) is 13.2 Å². The lowest BCUT2D eigenvalue weighted by molar-refractivity contribution is -0.167. The van der Waals surface area contributed by atoms with E-state index in [1.807, 2.05) is 0 Å². The molecule has 2 unspecified atom stereocenters. The first-order valence-corrected chi connectivity index (χ1v) is 32.2. The summed E-state index contributed by atoms with van der Waals surface area (Å²) in [6.45, 7) is 13.9. The van der Waals surface area contributed by atoms with E-state index in [1.165, 1.54) is 244 Å². The van der Waals surface area contributed by atoms with E-state index in [1.54, 1.807) is 0 Å². The van der Waals surface area contributed by atoms with E-state index in [0.717, 1.165) is 75.5 Å². The maximum Gasteiger partial charge on any atom is 0.306 e. The van der Waals surface area contributed by atoms with Gasteiger partial charge in [-0.2, -0.15) is 0 Å². The van der Waals surface area contributed by atoms with Crippen LogP contribution in [0.15, 0.2) is 0 Å². The van der Waals surface area contributed by atoms with Gasteiger partial charge in [-0.3, -0.25) is 14.4 Å². The van der Waals surface area contributed by atoms with Crippen LogP contribution >= 0.6 is 0 Å². The summed E-state index contributed by atoms with van der Waals surface area (Å²) >= 11 is 0. The highest BCUT2D eigenvalue weighted by molar-refractivity contribution is 5.71. The Morgan fingerprint density at radius 3 is 0.732 bits per heavy atom. The molecule has 422 valence electrons. The van der Waals surface area contributed by atoms with Gasteiger partial charge in [0.05, 0.1) is 0 Å². The molecule has 0 spiro atoms. The Labute approximate surface area is 444 Å². The van der Waals surface area contributed by atoms with E-state index in [2.05, 4.69) is 41.5 Å². The summed E-state index contributed by atoms with van der Waals surface area (Å²) in [6.07, 6.45) is 60.9. The maximum absolute atomic E-state index is 12.9. The van der Waals surface area contributed by atoms with Crippen LogP contribution in [0.5, 0.6) is 0 Å². The molecule has 71 heavy (non-hydrogen) atoms. The highest BCUT2D eigenvalue weighted by Crippen LogP contribution is 2.20. The van der Waals surface area contributed by atoms with Crippen LogP contribution in [0.1, 0.15) is 363 Å². The highest BCUT2D eigenvalue weighted by Gasteiger charge is 2.19. The van der Waals surface area contributed by atoms with Crippen molar-refractivity contribution in [2.75, 3.05) is 13.2 Å². The van der Waals surface area contributed by atoms with Gasteiger partial charge in [-0.25, -0.2) is 0 Å². The van der Waals surface area contributed by atoms with Crippen molar-refractivity contribution in [3.63, 3.8) is 0 Å². The Kier molecular flexibility index (Phi) is 54.9. The minimum Gasteiger partial charge on any atom is -0.462 e. The lowest BCUT2D eigenvalue weighted by Gasteiger charge is -2.18. The number of hydrogen-bond donors (Lipinski definition) is 0. The summed E-state index contributed by atoms with van der Waals surface area (Å²) in [7, 11) is 0. The Balaban J connectivity index is 4.27. The number of ether oxygens (including phenoxy) is 3. The molecule has 0 aliphatic carbocycles. The Morgan fingerprint density at radius 1 is 0.282 bits per heavy atom. The van der Waals surface area contributed by atoms with Crippen LogP contribution in [0.3, 0.4) is 0 Å². The maximum atomic E-state index is 12.9. The average molecular weight is 1000 g/mol. The van der Waals surface area contributed by atoms with Crippen molar-refractivity contribution in [1.82, 2.24) is 0 Å². The van der Waals surface area contributed by atoms with Crippen molar-refractivity contribution in [2.24, 2.45) is 17.8 Å². The Morgan fingerprint density at radius 2 is 0.493 bits per heavy atom. The largest absolute Gasteiger partial charge is 0.462 e. The first-order chi connectivity index (χ1) is 34.7. The number of carbonyl (C=O) groups excluding carboxylic acids is 3. The Bertz CT molecular complexity index is 1110. The number of carbonyl (C=O) groups is 3. The van der Waals surface area contributed by atoms with Crippen LogP contribution in [-0.4, -0.2) is 37.2 Å². The molecule has 0 heterocycles. The lowest BCUT2D eigenvalue weighted by Crippen LogP contribution is -2.30. The third kappa shape index (κ3) is 56.0. The third-order valence-corrected chi connectivity index (χ3v) is 15.6. The van der Waals surface area contributed by atoms with Gasteiger partial charge in [0, 0.05) is 19.3 Å². The molecule has 6 nitrogen and oxygen atoms in total. The van der Waals surface area contributed by atoms with E-state index in [-0.39, 0.29) is 31.1 Å². The summed E-state index contributed by atoms with van der Waals surface area (Å²) in [4.78, 5) is 38.3. The zero-order valence-electron chi connectivity index (χ0n) is 49.0. The van der Waals surface area contributed by atoms with Crippen LogP contribution in [0, 0.1) is 17.8 Å². The molecular weight excluding hydrogens is 877 g/mol. The zero-order valence-corrected chi connectivity index (χ0v) is 49.0. The van der Waals surface area contributed by atoms with E-state index < -0.39 is 6.10 Å². The summed E-state index contributed by atoms with van der Waals surface area (Å²) < 4.78 is 17.0. The number of hydrogen-bond acceptors (Lipinski definition) is 6. The van der Waals surface area contributed by atoms with E-state index >= 15 is 0 Å². The second-order valence-corrected chi connectivity index (χ2v) is 23.4. The first-order valence-electron chi connectivity index (χ1n) is 32.2.